The maximum Gasteiger partial charge on any atom is 0.305 e. The van der Waals surface area contributed by atoms with Gasteiger partial charge < -0.3 is 14.9 Å². The van der Waals surface area contributed by atoms with E-state index in [2.05, 4.69) is 6.92 Å². The van der Waals surface area contributed by atoms with E-state index in [4.69, 9.17) is 9.84 Å². The Labute approximate surface area is 115 Å². The Morgan fingerprint density at radius 3 is 2.32 bits per heavy atom. The van der Waals surface area contributed by atoms with Gasteiger partial charge in [-0.3, -0.25) is 9.59 Å². The van der Waals surface area contributed by atoms with Crippen molar-refractivity contribution in [2.75, 3.05) is 6.61 Å². The Kier molecular flexibility index (Phi) is 11.3. The third-order valence-corrected chi connectivity index (χ3v) is 2.86. The van der Waals surface area contributed by atoms with Crippen molar-refractivity contribution in [3.63, 3.8) is 0 Å². The van der Waals surface area contributed by atoms with Crippen molar-refractivity contribution in [3.05, 3.63) is 0 Å². The van der Waals surface area contributed by atoms with Crippen LogP contribution in [0.1, 0.15) is 64.7 Å². The first kappa shape index (κ1) is 17.9. The molecular weight excluding hydrogens is 248 g/mol. The molecule has 0 spiro atoms. The number of aliphatic carboxylic acids is 1. The summed E-state index contributed by atoms with van der Waals surface area (Å²) in [5, 5.41) is 18.0. The quantitative estimate of drug-likeness (QED) is 0.422. The summed E-state index contributed by atoms with van der Waals surface area (Å²) in [7, 11) is 0. The number of aliphatic hydroxyl groups excluding tert-OH is 1. The van der Waals surface area contributed by atoms with E-state index < -0.39 is 5.97 Å². The number of carboxylic acids is 1. The van der Waals surface area contributed by atoms with E-state index in [1.165, 1.54) is 0 Å². The van der Waals surface area contributed by atoms with Crippen molar-refractivity contribution in [1.82, 2.24) is 0 Å². The summed E-state index contributed by atoms with van der Waals surface area (Å²) in [4.78, 5) is 21.5. The second-order valence-corrected chi connectivity index (χ2v) is 4.76. The molecule has 0 radical (unpaired) electrons. The Morgan fingerprint density at radius 2 is 1.68 bits per heavy atom. The van der Waals surface area contributed by atoms with Crippen LogP contribution >= 0.6 is 0 Å². The zero-order chi connectivity index (χ0) is 14.5. The van der Waals surface area contributed by atoms with Crippen LogP contribution in [0.25, 0.3) is 0 Å². The van der Waals surface area contributed by atoms with Crippen LogP contribution in [0.2, 0.25) is 0 Å². The average Bonchev–Trinajstić information content (AvgIpc) is 2.37. The first-order valence-corrected chi connectivity index (χ1v) is 7.11. The molecule has 1 atom stereocenters. The molecule has 0 fully saturated rings. The molecule has 0 bridgehead atoms. The molecule has 0 saturated carbocycles. The summed E-state index contributed by atoms with van der Waals surface area (Å²) in [5.41, 5.74) is 0. The third kappa shape index (κ3) is 13.1. The van der Waals surface area contributed by atoms with E-state index in [0.29, 0.717) is 32.3 Å². The van der Waals surface area contributed by atoms with Gasteiger partial charge in [-0.2, -0.15) is 0 Å². The van der Waals surface area contributed by atoms with Gasteiger partial charge in [0, 0.05) is 12.8 Å². The SMILES string of the molecule is CCCCC(O)CCCOC(=O)CCCCC(=O)O. The molecule has 0 aliphatic rings. The van der Waals surface area contributed by atoms with Crippen LogP contribution in [0, 0.1) is 0 Å². The van der Waals surface area contributed by atoms with Crippen molar-refractivity contribution in [2.24, 2.45) is 0 Å². The van der Waals surface area contributed by atoms with E-state index in [1.54, 1.807) is 0 Å². The lowest BCUT2D eigenvalue weighted by atomic mass is 10.1. The highest BCUT2D eigenvalue weighted by Gasteiger charge is 2.06. The van der Waals surface area contributed by atoms with Gasteiger partial charge in [0.25, 0.3) is 0 Å². The molecule has 1 unspecified atom stereocenters. The minimum atomic E-state index is -0.838. The highest BCUT2D eigenvalue weighted by atomic mass is 16.5. The number of carbonyl (C=O) groups excluding carboxylic acids is 1. The summed E-state index contributed by atoms with van der Waals surface area (Å²) in [5.74, 6) is -1.12. The normalized spacial score (nSPS) is 12.1. The smallest absolute Gasteiger partial charge is 0.305 e. The number of carbonyl (C=O) groups is 2. The number of hydrogen-bond donors (Lipinski definition) is 2. The van der Waals surface area contributed by atoms with E-state index in [-0.39, 0.29) is 24.9 Å². The van der Waals surface area contributed by atoms with Gasteiger partial charge in [0.2, 0.25) is 0 Å². The predicted molar refractivity (Wildman–Crippen MR) is 71.8 cm³/mol. The standard InChI is InChI=1S/C14H26O5/c1-2-3-7-12(15)8-6-11-19-14(18)10-5-4-9-13(16)17/h12,15H,2-11H2,1H3,(H,16,17). The van der Waals surface area contributed by atoms with E-state index in [9.17, 15) is 14.7 Å². The fourth-order valence-corrected chi connectivity index (χ4v) is 1.71. The van der Waals surface area contributed by atoms with Crippen LogP contribution in [0.5, 0.6) is 0 Å². The molecule has 0 saturated heterocycles. The van der Waals surface area contributed by atoms with Gasteiger partial charge >= 0.3 is 11.9 Å². The molecule has 0 aliphatic heterocycles. The van der Waals surface area contributed by atoms with Crippen molar-refractivity contribution in [3.8, 4) is 0 Å². The molecule has 19 heavy (non-hydrogen) atoms. The largest absolute Gasteiger partial charge is 0.481 e. The van der Waals surface area contributed by atoms with Crippen molar-refractivity contribution in [1.29, 1.82) is 0 Å². The van der Waals surface area contributed by atoms with E-state index in [1.807, 2.05) is 0 Å². The lowest BCUT2D eigenvalue weighted by molar-refractivity contribution is -0.144. The molecule has 2 N–H and O–H groups in total. The average molecular weight is 274 g/mol. The van der Waals surface area contributed by atoms with Gasteiger partial charge in [-0.1, -0.05) is 19.8 Å². The van der Waals surface area contributed by atoms with Crippen molar-refractivity contribution in [2.45, 2.75) is 70.8 Å². The first-order valence-electron chi connectivity index (χ1n) is 7.11. The maximum absolute atomic E-state index is 11.3. The van der Waals surface area contributed by atoms with Gasteiger partial charge in [0.1, 0.15) is 0 Å². The van der Waals surface area contributed by atoms with Gasteiger partial charge in [-0.15, -0.1) is 0 Å². The Balaban J connectivity index is 3.35. The minimum absolute atomic E-state index is 0.0941. The maximum atomic E-state index is 11.3. The molecular formula is C14H26O5. The molecule has 0 aromatic heterocycles. The number of hydrogen-bond acceptors (Lipinski definition) is 4. The van der Waals surface area contributed by atoms with Crippen LogP contribution in [0.3, 0.4) is 0 Å². The molecule has 0 amide bonds. The molecule has 0 heterocycles. The molecule has 0 rings (SSSR count). The first-order chi connectivity index (χ1) is 9.06. The molecule has 5 heteroatoms. The third-order valence-electron chi connectivity index (χ3n) is 2.86. The predicted octanol–water partition coefficient (Wildman–Crippen LogP) is 2.51. The Bertz CT molecular complexity index is 252. The monoisotopic (exact) mass is 274 g/mol. The molecule has 0 aliphatic carbocycles. The molecule has 0 aromatic carbocycles. The summed E-state index contributed by atoms with van der Waals surface area (Å²) in [6.45, 7) is 2.42. The highest BCUT2D eigenvalue weighted by Crippen LogP contribution is 2.07. The lowest BCUT2D eigenvalue weighted by Crippen LogP contribution is -2.10. The number of rotatable bonds is 12. The van der Waals surface area contributed by atoms with Crippen molar-refractivity contribution >= 4 is 11.9 Å². The number of aliphatic hydroxyl groups is 1. The Morgan fingerprint density at radius 1 is 1.05 bits per heavy atom. The summed E-state index contributed by atoms with van der Waals surface area (Å²) in [6, 6.07) is 0. The number of unbranched alkanes of at least 4 members (excludes halogenated alkanes) is 2. The number of esters is 1. The van der Waals surface area contributed by atoms with E-state index >= 15 is 0 Å². The van der Waals surface area contributed by atoms with Crippen LogP contribution in [-0.4, -0.2) is 34.9 Å². The Hall–Kier alpha value is -1.10. The minimum Gasteiger partial charge on any atom is -0.481 e. The van der Waals surface area contributed by atoms with Crippen LogP contribution < -0.4 is 0 Å². The summed E-state index contributed by atoms with van der Waals surface area (Å²) < 4.78 is 5.01. The van der Waals surface area contributed by atoms with E-state index in [0.717, 1.165) is 19.3 Å². The van der Waals surface area contributed by atoms with Crippen molar-refractivity contribution < 1.29 is 24.5 Å². The number of carboxylic acid groups (broad SMARTS) is 1. The topological polar surface area (TPSA) is 83.8 Å². The second-order valence-electron chi connectivity index (χ2n) is 4.76. The van der Waals surface area contributed by atoms with Gasteiger partial charge in [-0.05, 0) is 32.1 Å². The van der Waals surface area contributed by atoms with Gasteiger partial charge in [0.15, 0.2) is 0 Å². The zero-order valence-corrected chi connectivity index (χ0v) is 11.8. The van der Waals surface area contributed by atoms with Gasteiger partial charge in [0.05, 0.1) is 12.7 Å². The fourth-order valence-electron chi connectivity index (χ4n) is 1.71. The van der Waals surface area contributed by atoms with Gasteiger partial charge in [-0.25, -0.2) is 0 Å². The van der Waals surface area contributed by atoms with Crippen LogP contribution in [0.4, 0.5) is 0 Å². The fraction of sp³-hybridized carbons (Fsp3) is 0.857. The zero-order valence-electron chi connectivity index (χ0n) is 11.8. The highest BCUT2D eigenvalue weighted by molar-refractivity contribution is 5.69. The number of ether oxygens (including phenoxy) is 1. The summed E-state index contributed by atoms with van der Waals surface area (Å²) >= 11 is 0. The molecule has 112 valence electrons. The second kappa shape index (κ2) is 12.0. The molecule has 0 aromatic rings. The van der Waals surface area contributed by atoms with Crippen LogP contribution in [0.15, 0.2) is 0 Å². The lowest BCUT2D eigenvalue weighted by Gasteiger charge is -2.09. The summed E-state index contributed by atoms with van der Waals surface area (Å²) in [6.07, 6.45) is 5.34. The van der Waals surface area contributed by atoms with Crippen LogP contribution in [-0.2, 0) is 14.3 Å². The molecule has 5 nitrogen and oxygen atoms in total.